The van der Waals surface area contributed by atoms with Crippen molar-refractivity contribution >= 4 is 0 Å². The second kappa shape index (κ2) is 6.23. The number of terminal acetylenes is 1. The van der Waals surface area contributed by atoms with Crippen molar-refractivity contribution in [2.24, 2.45) is 11.8 Å². The molecule has 0 bridgehead atoms. The summed E-state index contributed by atoms with van der Waals surface area (Å²) < 4.78 is 5.78. The maximum atomic E-state index is 5.78. The first-order valence-corrected chi connectivity index (χ1v) is 5.80. The van der Waals surface area contributed by atoms with E-state index in [1.165, 1.54) is 5.56 Å². The van der Waals surface area contributed by atoms with E-state index in [2.05, 4.69) is 32.8 Å². The Kier molecular flexibility index (Phi) is 4.92. The van der Waals surface area contributed by atoms with E-state index in [0.717, 1.165) is 18.8 Å². The summed E-state index contributed by atoms with van der Waals surface area (Å²) in [4.78, 5) is 0. The third-order valence-corrected chi connectivity index (χ3v) is 2.36. The average molecular weight is 216 g/mol. The molecule has 1 unspecified atom stereocenters. The van der Waals surface area contributed by atoms with Crippen molar-refractivity contribution in [3.05, 3.63) is 29.8 Å². The predicted molar refractivity (Wildman–Crippen MR) is 68.5 cm³/mol. The van der Waals surface area contributed by atoms with Crippen molar-refractivity contribution in [1.82, 2.24) is 0 Å². The van der Waals surface area contributed by atoms with Crippen LogP contribution in [-0.2, 0) is 6.42 Å². The molecule has 0 saturated heterocycles. The van der Waals surface area contributed by atoms with E-state index in [1.807, 2.05) is 18.2 Å². The summed E-state index contributed by atoms with van der Waals surface area (Å²) in [5.74, 6) is 4.51. The van der Waals surface area contributed by atoms with E-state index in [9.17, 15) is 0 Å². The largest absolute Gasteiger partial charge is 0.493 e. The standard InChI is InChI=1S/C15H20O/c1-5-13(4)10-14-8-6-7-9-15(14)16-11-12(2)3/h1,6-9,12-13H,10-11H2,2-4H3. The molecule has 1 aromatic rings. The van der Waals surface area contributed by atoms with Gasteiger partial charge in [-0.05, 0) is 24.0 Å². The van der Waals surface area contributed by atoms with Crippen LogP contribution < -0.4 is 4.74 Å². The first-order valence-electron chi connectivity index (χ1n) is 5.80. The van der Waals surface area contributed by atoms with Crippen LogP contribution in [0.15, 0.2) is 24.3 Å². The van der Waals surface area contributed by atoms with E-state index < -0.39 is 0 Å². The number of hydrogen-bond donors (Lipinski definition) is 0. The van der Waals surface area contributed by atoms with Crippen molar-refractivity contribution in [2.75, 3.05) is 6.61 Å². The third-order valence-electron chi connectivity index (χ3n) is 2.36. The molecule has 1 heteroatoms. The Morgan fingerprint density at radius 1 is 1.25 bits per heavy atom. The number of ether oxygens (including phenoxy) is 1. The SMILES string of the molecule is C#CC(C)Cc1ccccc1OCC(C)C. The van der Waals surface area contributed by atoms with E-state index in [1.54, 1.807) is 0 Å². The third kappa shape index (κ3) is 3.98. The van der Waals surface area contributed by atoms with Gasteiger partial charge in [0.25, 0.3) is 0 Å². The van der Waals surface area contributed by atoms with Crippen LogP contribution in [0.1, 0.15) is 26.3 Å². The fourth-order valence-electron chi connectivity index (χ4n) is 1.46. The molecule has 0 fully saturated rings. The van der Waals surface area contributed by atoms with Gasteiger partial charge >= 0.3 is 0 Å². The van der Waals surface area contributed by atoms with Gasteiger partial charge in [0.05, 0.1) is 6.61 Å². The molecule has 1 rings (SSSR count). The fraction of sp³-hybridized carbons (Fsp3) is 0.467. The Labute approximate surface area is 98.8 Å². The van der Waals surface area contributed by atoms with Crippen molar-refractivity contribution in [3.8, 4) is 18.1 Å². The van der Waals surface area contributed by atoms with Gasteiger partial charge in [-0.1, -0.05) is 39.0 Å². The molecule has 0 spiro atoms. The minimum Gasteiger partial charge on any atom is -0.493 e. The van der Waals surface area contributed by atoms with E-state index >= 15 is 0 Å². The highest BCUT2D eigenvalue weighted by Crippen LogP contribution is 2.21. The van der Waals surface area contributed by atoms with Crippen LogP contribution >= 0.6 is 0 Å². The maximum Gasteiger partial charge on any atom is 0.122 e. The molecule has 0 aromatic heterocycles. The van der Waals surface area contributed by atoms with Gasteiger partial charge in [-0.2, -0.15) is 0 Å². The summed E-state index contributed by atoms with van der Waals surface area (Å²) >= 11 is 0. The number of hydrogen-bond acceptors (Lipinski definition) is 1. The van der Waals surface area contributed by atoms with Gasteiger partial charge in [0, 0.05) is 5.92 Å². The maximum absolute atomic E-state index is 5.78. The molecule has 0 heterocycles. The highest BCUT2D eigenvalue weighted by atomic mass is 16.5. The molecule has 0 aliphatic heterocycles. The zero-order chi connectivity index (χ0) is 12.0. The fourth-order valence-corrected chi connectivity index (χ4v) is 1.46. The predicted octanol–water partition coefficient (Wildman–Crippen LogP) is 3.53. The van der Waals surface area contributed by atoms with Crippen LogP contribution in [0.25, 0.3) is 0 Å². The zero-order valence-electron chi connectivity index (χ0n) is 10.4. The monoisotopic (exact) mass is 216 g/mol. The Bertz CT molecular complexity index is 360. The molecule has 0 N–H and O–H groups in total. The van der Waals surface area contributed by atoms with Gasteiger partial charge in [-0.15, -0.1) is 12.3 Å². The molecule has 0 saturated carbocycles. The Morgan fingerprint density at radius 3 is 2.56 bits per heavy atom. The summed E-state index contributed by atoms with van der Waals surface area (Å²) in [5.41, 5.74) is 1.20. The summed E-state index contributed by atoms with van der Waals surface area (Å²) in [6, 6.07) is 8.13. The second-order valence-corrected chi connectivity index (χ2v) is 4.58. The Hall–Kier alpha value is -1.42. The molecule has 0 aliphatic carbocycles. The van der Waals surface area contributed by atoms with Crippen LogP contribution in [-0.4, -0.2) is 6.61 Å². The zero-order valence-corrected chi connectivity index (χ0v) is 10.4. The van der Waals surface area contributed by atoms with Crippen molar-refractivity contribution in [3.63, 3.8) is 0 Å². The Morgan fingerprint density at radius 2 is 1.94 bits per heavy atom. The Balaban J connectivity index is 2.72. The van der Waals surface area contributed by atoms with Crippen LogP contribution in [0.5, 0.6) is 5.75 Å². The van der Waals surface area contributed by atoms with Crippen molar-refractivity contribution in [1.29, 1.82) is 0 Å². The van der Waals surface area contributed by atoms with Crippen LogP contribution in [0.2, 0.25) is 0 Å². The topological polar surface area (TPSA) is 9.23 Å². The first-order chi connectivity index (χ1) is 7.63. The summed E-state index contributed by atoms with van der Waals surface area (Å²) in [6.07, 6.45) is 6.28. The lowest BCUT2D eigenvalue weighted by atomic mass is 10.0. The number of benzene rings is 1. The number of para-hydroxylation sites is 1. The lowest BCUT2D eigenvalue weighted by Gasteiger charge is -2.13. The summed E-state index contributed by atoms with van der Waals surface area (Å²) in [5, 5.41) is 0. The summed E-state index contributed by atoms with van der Waals surface area (Å²) in [7, 11) is 0. The summed E-state index contributed by atoms with van der Waals surface area (Å²) in [6.45, 7) is 7.10. The molecular weight excluding hydrogens is 196 g/mol. The van der Waals surface area contributed by atoms with E-state index in [-0.39, 0.29) is 5.92 Å². The van der Waals surface area contributed by atoms with Crippen LogP contribution in [0, 0.1) is 24.2 Å². The van der Waals surface area contributed by atoms with Crippen molar-refractivity contribution < 1.29 is 4.74 Å². The minimum atomic E-state index is 0.254. The molecule has 1 nitrogen and oxygen atoms in total. The molecular formula is C15H20O. The van der Waals surface area contributed by atoms with Crippen molar-refractivity contribution in [2.45, 2.75) is 27.2 Å². The lowest BCUT2D eigenvalue weighted by molar-refractivity contribution is 0.268. The molecule has 16 heavy (non-hydrogen) atoms. The van der Waals surface area contributed by atoms with Gasteiger partial charge in [0.1, 0.15) is 5.75 Å². The quantitative estimate of drug-likeness (QED) is 0.684. The van der Waals surface area contributed by atoms with Gasteiger partial charge in [0.15, 0.2) is 0 Å². The normalized spacial score (nSPS) is 12.2. The van der Waals surface area contributed by atoms with E-state index in [0.29, 0.717) is 5.92 Å². The minimum absolute atomic E-state index is 0.254. The van der Waals surface area contributed by atoms with Gasteiger partial charge < -0.3 is 4.74 Å². The molecule has 1 aromatic carbocycles. The number of rotatable bonds is 5. The molecule has 86 valence electrons. The van der Waals surface area contributed by atoms with Gasteiger partial charge in [0.2, 0.25) is 0 Å². The smallest absolute Gasteiger partial charge is 0.122 e. The van der Waals surface area contributed by atoms with Crippen LogP contribution in [0.4, 0.5) is 0 Å². The highest BCUT2D eigenvalue weighted by Gasteiger charge is 2.06. The molecule has 0 amide bonds. The van der Waals surface area contributed by atoms with Crippen LogP contribution in [0.3, 0.4) is 0 Å². The molecule has 1 atom stereocenters. The van der Waals surface area contributed by atoms with E-state index in [4.69, 9.17) is 11.2 Å². The molecule has 0 radical (unpaired) electrons. The average Bonchev–Trinajstić information content (AvgIpc) is 2.27. The second-order valence-electron chi connectivity index (χ2n) is 4.58. The molecule has 0 aliphatic rings. The highest BCUT2D eigenvalue weighted by molar-refractivity contribution is 5.34. The first kappa shape index (κ1) is 12.6. The van der Waals surface area contributed by atoms with Gasteiger partial charge in [-0.25, -0.2) is 0 Å². The lowest BCUT2D eigenvalue weighted by Crippen LogP contribution is -2.07. The van der Waals surface area contributed by atoms with Gasteiger partial charge in [-0.3, -0.25) is 0 Å².